The third kappa shape index (κ3) is 4.78. The van der Waals surface area contributed by atoms with Gasteiger partial charge in [-0.2, -0.15) is 0 Å². The number of esters is 1. The molecule has 0 N–H and O–H groups in total. The van der Waals surface area contributed by atoms with Gasteiger partial charge in [0.05, 0.1) is 18.8 Å². The van der Waals surface area contributed by atoms with E-state index in [1.807, 2.05) is 11.0 Å². The largest absolute Gasteiger partial charge is 0.465 e. The second kappa shape index (κ2) is 9.51. The Kier molecular flexibility index (Phi) is 6.82. The lowest BCUT2D eigenvalue weighted by Crippen LogP contribution is -2.52. The zero-order chi connectivity index (χ0) is 19.9. The van der Waals surface area contributed by atoms with Gasteiger partial charge in [0.2, 0.25) is 0 Å². The number of likely N-dealkylation sites (tertiary alicyclic amines) is 1. The minimum Gasteiger partial charge on any atom is -0.465 e. The van der Waals surface area contributed by atoms with Gasteiger partial charge in [-0.1, -0.05) is 30.3 Å². The van der Waals surface area contributed by atoms with Crippen LogP contribution in [0.2, 0.25) is 0 Å². The summed E-state index contributed by atoms with van der Waals surface area (Å²) < 4.78 is 4.72. The van der Waals surface area contributed by atoms with E-state index < -0.39 is 5.97 Å². The standard InChI is InChI=1S/C23H28N2O3/c1-24(17-15-18-8-4-3-5-9-18)21-10-6-7-16-25(21)22(26)19-11-13-20(14-12-19)23(27)28-2/h3-5,8-9,11-14,21H,6-7,10,15-17H2,1-2H3. The van der Waals surface area contributed by atoms with E-state index in [9.17, 15) is 9.59 Å². The topological polar surface area (TPSA) is 49.9 Å². The van der Waals surface area contributed by atoms with Crippen molar-refractivity contribution in [1.82, 2.24) is 9.80 Å². The first-order valence-corrected chi connectivity index (χ1v) is 9.83. The van der Waals surface area contributed by atoms with Crippen LogP contribution in [0, 0.1) is 0 Å². The third-order valence-corrected chi connectivity index (χ3v) is 5.39. The van der Waals surface area contributed by atoms with E-state index in [0.717, 1.165) is 38.8 Å². The average Bonchev–Trinajstić information content (AvgIpc) is 2.77. The molecule has 1 unspecified atom stereocenters. The van der Waals surface area contributed by atoms with Crippen molar-refractivity contribution in [2.45, 2.75) is 31.8 Å². The molecule has 148 valence electrons. The van der Waals surface area contributed by atoms with Crippen LogP contribution in [0.15, 0.2) is 54.6 Å². The molecule has 1 amide bonds. The first kappa shape index (κ1) is 20.1. The molecule has 5 heteroatoms. The molecule has 3 rings (SSSR count). The highest BCUT2D eigenvalue weighted by Crippen LogP contribution is 2.22. The first-order chi connectivity index (χ1) is 13.6. The second-order valence-electron chi connectivity index (χ2n) is 7.26. The Hall–Kier alpha value is -2.66. The SMILES string of the molecule is COC(=O)c1ccc(C(=O)N2CCCCC2N(C)CCc2ccccc2)cc1. The van der Waals surface area contributed by atoms with Crippen LogP contribution in [0.3, 0.4) is 0 Å². The fraction of sp³-hybridized carbons (Fsp3) is 0.391. The van der Waals surface area contributed by atoms with Crippen molar-refractivity contribution in [3.63, 3.8) is 0 Å². The molecule has 0 spiro atoms. The van der Waals surface area contributed by atoms with Crippen molar-refractivity contribution in [1.29, 1.82) is 0 Å². The summed E-state index contributed by atoms with van der Waals surface area (Å²) in [5, 5.41) is 0. The maximum atomic E-state index is 13.1. The summed E-state index contributed by atoms with van der Waals surface area (Å²) in [4.78, 5) is 29.0. The normalized spacial score (nSPS) is 16.8. The molecule has 0 bridgehead atoms. The minimum atomic E-state index is -0.393. The van der Waals surface area contributed by atoms with Crippen LogP contribution in [0.5, 0.6) is 0 Å². The van der Waals surface area contributed by atoms with Crippen LogP contribution in [0.1, 0.15) is 45.5 Å². The molecule has 1 fully saturated rings. The monoisotopic (exact) mass is 380 g/mol. The lowest BCUT2D eigenvalue weighted by atomic mass is 10.0. The van der Waals surface area contributed by atoms with E-state index in [-0.39, 0.29) is 12.1 Å². The lowest BCUT2D eigenvalue weighted by Gasteiger charge is -2.41. The van der Waals surface area contributed by atoms with Gasteiger partial charge in [0.25, 0.3) is 5.91 Å². The molecule has 1 aliphatic rings. The predicted molar refractivity (Wildman–Crippen MR) is 109 cm³/mol. The maximum Gasteiger partial charge on any atom is 0.337 e. The number of methoxy groups -OCH3 is 1. The van der Waals surface area contributed by atoms with Gasteiger partial charge < -0.3 is 9.64 Å². The predicted octanol–water partition coefficient (Wildman–Crippen LogP) is 3.60. The van der Waals surface area contributed by atoms with Crippen molar-refractivity contribution < 1.29 is 14.3 Å². The Morgan fingerprint density at radius 1 is 1.04 bits per heavy atom. The van der Waals surface area contributed by atoms with E-state index in [0.29, 0.717) is 11.1 Å². The zero-order valence-electron chi connectivity index (χ0n) is 16.6. The number of carbonyl (C=O) groups is 2. The minimum absolute atomic E-state index is 0.0210. The fourth-order valence-corrected chi connectivity index (χ4v) is 3.74. The Balaban J connectivity index is 1.67. The highest BCUT2D eigenvalue weighted by atomic mass is 16.5. The first-order valence-electron chi connectivity index (χ1n) is 9.83. The van der Waals surface area contributed by atoms with E-state index in [1.54, 1.807) is 24.3 Å². The van der Waals surface area contributed by atoms with Crippen molar-refractivity contribution in [2.24, 2.45) is 0 Å². The fourth-order valence-electron chi connectivity index (χ4n) is 3.74. The van der Waals surface area contributed by atoms with Crippen LogP contribution < -0.4 is 0 Å². The molecule has 1 aliphatic heterocycles. The number of likely N-dealkylation sites (N-methyl/N-ethyl adjacent to an activating group) is 1. The van der Waals surface area contributed by atoms with Gasteiger partial charge in [-0.25, -0.2) is 4.79 Å². The summed E-state index contributed by atoms with van der Waals surface area (Å²) in [5.74, 6) is -0.372. The highest BCUT2D eigenvalue weighted by molar-refractivity contribution is 5.96. The second-order valence-corrected chi connectivity index (χ2v) is 7.26. The van der Waals surface area contributed by atoms with Gasteiger partial charge in [-0.15, -0.1) is 0 Å². The summed E-state index contributed by atoms with van der Waals surface area (Å²) >= 11 is 0. The number of piperidine rings is 1. The number of ether oxygens (including phenoxy) is 1. The van der Waals surface area contributed by atoms with E-state index in [1.165, 1.54) is 12.7 Å². The number of rotatable bonds is 6. The molecule has 1 atom stereocenters. The molecule has 2 aromatic rings. The van der Waals surface area contributed by atoms with Gasteiger partial charge >= 0.3 is 5.97 Å². The molecule has 0 aromatic heterocycles. The molecule has 0 saturated carbocycles. The number of amides is 1. The number of hydrogen-bond acceptors (Lipinski definition) is 4. The molecule has 0 radical (unpaired) electrons. The number of carbonyl (C=O) groups excluding carboxylic acids is 2. The van der Waals surface area contributed by atoms with Crippen molar-refractivity contribution in [3.8, 4) is 0 Å². The van der Waals surface area contributed by atoms with Gasteiger partial charge in [0.1, 0.15) is 0 Å². The Bertz CT molecular complexity index is 789. The molecular formula is C23H28N2O3. The van der Waals surface area contributed by atoms with Gasteiger partial charge in [0.15, 0.2) is 0 Å². The number of nitrogens with zero attached hydrogens (tertiary/aromatic N) is 2. The molecule has 5 nitrogen and oxygen atoms in total. The molecular weight excluding hydrogens is 352 g/mol. The van der Waals surface area contributed by atoms with E-state index >= 15 is 0 Å². The van der Waals surface area contributed by atoms with Crippen LogP contribution >= 0.6 is 0 Å². The Labute approximate surface area is 166 Å². The summed E-state index contributed by atoms with van der Waals surface area (Å²) in [7, 11) is 3.45. The van der Waals surface area contributed by atoms with Crippen LogP contribution in [-0.2, 0) is 11.2 Å². The Morgan fingerprint density at radius 2 is 1.71 bits per heavy atom. The van der Waals surface area contributed by atoms with Crippen molar-refractivity contribution in [3.05, 3.63) is 71.3 Å². The molecule has 1 saturated heterocycles. The number of benzene rings is 2. The number of hydrogen-bond donors (Lipinski definition) is 0. The average molecular weight is 380 g/mol. The lowest BCUT2D eigenvalue weighted by molar-refractivity contribution is 0.0240. The van der Waals surface area contributed by atoms with E-state index in [4.69, 9.17) is 4.74 Å². The molecule has 1 heterocycles. The zero-order valence-corrected chi connectivity index (χ0v) is 16.6. The van der Waals surface area contributed by atoms with Crippen LogP contribution in [0.4, 0.5) is 0 Å². The molecule has 28 heavy (non-hydrogen) atoms. The maximum absolute atomic E-state index is 13.1. The van der Waals surface area contributed by atoms with Crippen LogP contribution in [-0.4, -0.2) is 55.1 Å². The van der Waals surface area contributed by atoms with Crippen molar-refractivity contribution in [2.75, 3.05) is 27.2 Å². The summed E-state index contributed by atoms with van der Waals surface area (Å²) in [6, 6.07) is 17.2. The summed E-state index contributed by atoms with van der Waals surface area (Å²) in [6.45, 7) is 1.66. The van der Waals surface area contributed by atoms with Gasteiger partial charge in [-0.05, 0) is 62.6 Å². The third-order valence-electron chi connectivity index (χ3n) is 5.39. The summed E-state index contributed by atoms with van der Waals surface area (Å²) in [5.41, 5.74) is 2.37. The summed E-state index contributed by atoms with van der Waals surface area (Å²) in [6.07, 6.45) is 4.20. The van der Waals surface area contributed by atoms with Crippen molar-refractivity contribution >= 4 is 11.9 Å². The highest BCUT2D eigenvalue weighted by Gasteiger charge is 2.30. The smallest absolute Gasteiger partial charge is 0.337 e. The van der Waals surface area contributed by atoms with Gasteiger partial charge in [-0.3, -0.25) is 9.69 Å². The Morgan fingerprint density at radius 3 is 2.39 bits per heavy atom. The molecule has 2 aromatic carbocycles. The molecule has 0 aliphatic carbocycles. The van der Waals surface area contributed by atoms with Gasteiger partial charge in [0, 0.05) is 18.7 Å². The van der Waals surface area contributed by atoms with E-state index in [2.05, 4.69) is 36.2 Å². The van der Waals surface area contributed by atoms with Crippen LogP contribution in [0.25, 0.3) is 0 Å². The quantitative estimate of drug-likeness (QED) is 0.719.